The van der Waals surface area contributed by atoms with E-state index in [4.69, 9.17) is 0 Å². The lowest BCUT2D eigenvalue weighted by atomic mass is 9.98. The smallest absolute Gasteiger partial charge is 0.308 e. The molecule has 0 aliphatic rings. The molecule has 0 saturated carbocycles. The second-order valence-corrected chi connectivity index (χ2v) is 9.87. The number of hydrogen-bond donors (Lipinski definition) is 2. The Morgan fingerprint density at radius 2 is 1.79 bits per heavy atom. The van der Waals surface area contributed by atoms with Crippen molar-refractivity contribution >= 4 is 18.0 Å². The maximum atomic E-state index is 13.7. The van der Waals surface area contributed by atoms with Crippen LogP contribution in [0.25, 0.3) is 11.8 Å². The van der Waals surface area contributed by atoms with E-state index in [1.807, 2.05) is 45.0 Å². The number of carbonyl (C=O) groups excluding carboxylic acids is 2. The molecule has 0 fully saturated rings. The Morgan fingerprint density at radius 1 is 1.13 bits per heavy atom. The van der Waals surface area contributed by atoms with Crippen LogP contribution in [0.5, 0.6) is 0 Å². The van der Waals surface area contributed by atoms with Gasteiger partial charge < -0.3 is 19.8 Å². The fourth-order valence-electron chi connectivity index (χ4n) is 4.32. The normalized spacial score (nSPS) is 13.1. The van der Waals surface area contributed by atoms with Gasteiger partial charge >= 0.3 is 5.97 Å². The molecule has 3 rings (SSSR count). The van der Waals surface area contributed by atoms with Gasteiger partial charge in [-0.3, -0.25) is 9.59 Å². The molecule has 208 valence electrons. The first-order chi connectivity index (χ1) is 18.5. The summed E-state index contributed by atoms with van der Waals surface area (Å²) in [6.45, 7) is 6.28. The predicted molar refractivity (Wildman–Crippen MR) is 147 cm³/mol. The maximum absolute atomic E-state index is 13.7. The van der Waals surface area contributed by atoms with Gasteiger partial charge in [0.05, 0.1) is 37.1 Å². The number of carbonyl (C=O) groups is 2. The summed E-state index contributed by atoms with van der Waals surface area (Å²) >= 11 is 0. The highest BCUT2D eigenvalue weighted by molar-refractivity contribution is 5.95. The second kappa shape index (κ2) is 13.3. The molecular formula is C30H36FN3O5. The lowest BCUT2D eigenvalue weighted by molar-refractivity contribution is -0.143. The van der Waals surface area contributed by atoms with Crippen molar-refractivity contribution in [3.05, 3.63) is 88.5 Å². The van der Waals surface area contributed by atoms with Gasteiger partial charge in [0.25, 0.3) is 5.91 Å². The molecule has 39 heavy (non-hydrogen) atoms. The van der Waals surface area contributed by atoms with Crippen LogP contribution in [0.2, 0.25) is 0 Å². The fourth-order valence-corrected chi connectivity index (χ4v) is 4.32. The Balaban J connectivity index is 2.01. The predicted octanol–water partition coefficient (Wildman–Crippen LogP) is 4.40. The summed E-state index contributed by atoms with van der Waals surface area (Å²) in [4.78, 5) is 26.7. The third kappa shape index (κ3) is 7.61. The van der Waals surface area contributed by atoms with Gasteiger partial charge in [-0.05, 0) is 54.3 Å². The van der Waals surface area contributed by atoms with E-state index in [9.17, 15) is 24.2 Å². The van der Waals surface area contributed by atoms with Crippen LogP contribution in [0.3, 0.4) is 0 Å². The SMILES string of the molecule is COC(=O)CC(O)CC(O)C=Cc1c(C(C)C)c(C(=O)N(C)Cc2ccccc2C)nn1-c1ccc(F)cc1. The number of halogens is 1. The van der Waals surface area contributed by atoms with Gasteiger partial charge in [-0.15, -0.1) is 0 Å². The van der Waals surface area contributed by atoms with Gasteiger partial charge in [0, 0.05) is 25.6 Å². The number of rotatable bonds is 11. The highest BCUT2D eigenvalue weighted by Crippen LogP contribution is 2.29. The van der Waals surface area contributed by atoms with Gasteiger partial charge in [0.1, 0.15) is 5.82 Å². The van der Waals surface area contributed by atoms with Gasteiger partial charge in [0.15, 0.2) is 5.69 Å². The molecule has 2 N–H and O–H groups in total. The molecule has 0 spiro atoms. The number of aliphatic hydroxyl groups excluding tert-OH is 2. The number of benzene rings is 2. The molecule has 3 aromatic rings. The van der Waals surface area contributed by atoms with E-state index in [1.165, 1.54) is 25.3 Å². The first kappa shape index (κ1) is 29.7. The van der Waals surface area contributed by atoms with E-state index in [1.54, 1.807) is 34.8 Å². The van der Waals surface area contributed by atoms with Crippen molar-refractivity contribution in [2.75, 3.05) is 14.2 Å². The largest absolute Gasteiger partial charge is 0.469 e. The van der Waals surface area contributed by atoms with Crippen molar-refractivity contribution in [1.82, 2.24) is 14.7 Å². The average Bonchev–Trinajstić information content (AvgIpc) is 3.28. The van der Waals surface area contributed by atoms with E-state index in [2.05, 4.69) is 9.84 Å². The third-order valence-corrected chi connectivity index (χ3v) is 6.45. The summed E-state index contributed by atoms with van der Waals surface area (Å²) in [6, 6.07) is 13.6. The van der Waals surface area contributed by atoms with Crippen molar-refractivity contribution in [2.45, 2.75) is 58.3 Å². The number of ether oxygens (including phenoxy) is 1. The Labute approximate surface area is 228 Å². The Bertz CT molecular complexity index is 1320. The van der Waals surface area contributed by atoms with Crippen LogP contribution in [0.1, 0.15) is 65.5 Å². The molecule has 2 atom stereocenters. The maximum Gasteiger partial charge on any atom is 0.308 e. The number of aryl methyl sites for hydroxylation is 1. The number of amides is 1. The molecule has 9 heteroatoms. The van der Waals surface area contributed by atoms with Crippen molar-refractivity contribution in [1.29, 1.82) is 0 Å². The van der Waals surface area contributed by atoms with Gasteiger partial charge in [-0.2, -0.15) is 5.10 Å². The molecule has 8 nitrogen and oxygen atoms in total. The highest BCUT2D eigenvalue weighted by Gasteiger charge is 2.27. The van der Waals surface area contributed by atoms with Crippen molar-refractivity contribution < 1.29 is 28.9 Å². The second-order valence-electron chi connectivity index (χ2n) is 9.87. The van der Waals surface area contributed by atoms with E-state index in [-0.39, 0.29) is 30.4 Å². The molecule has 0 radical (unpaired) electrons. The zero-order chi connectivity index (χ0) is 28.7. The third-order valence-electron chi connectivity index (χ3n) is 6.45. The first-order valence-electron chi connectivity index (χ1n) is 12.8. The summed E-state index contributed by atoms with van der Waals surface area (Å²) < 4.78 is 19.8. The van der Waals surface area contributed by atoms with Gasteiger partial charge in [-0.25, -0.2) is 9.07 Å². The number of aromatic nitrogens is 2. The number of nitrogens with zero attached hydrogens (tertiary/aromatic N) is 3. The molecule has 1 heterocycles. The topological polar surface area (TPSA) is 105 Å². The van der Waals surface area contributed by atoms with E-state index in [0.29, 0.717) is 23.5 Å². The Hall–Kier alpha value is -3.82. The minimum Gasteiger partial charge on any atom is -0.469 e. The Morgan fingerprint density at radius 3 is 2.41 bits per heavy atom. The zero-order valence-corrected chi connectivity index (χ0v) is 23.0. The molecule has 2 aromatic carbocycles. The van der Waals surface area contributed by atoms with E-state index in [0.717, 1.165) is 11.1 Å². The summed E-state index contributed by atoms with van der Waals surface area (Å²) in [7, 11) is 2.95. The van der Waals surface area contributed by atoms with E-state index >= 15 is 0 Å². The van der Waals surface area contributed by atoms with Crippen LogP contribution in [0.15, 0.2) is 54.6 Å². The first-order valence-corrected chi connectivity index (χ1v) is 12.8. The average molecular weight is 538 g/mol. The molecular weight excluding hydrogens is 501 g/mol. The highest BCUT2D eigenvalue weighted by atomic mass is 19.1. The lowest BCUT2D eigenvalue weighted by Crippen LogP contribution is -2.28. The number of hydrogen-bond acceptors (Lipinski definition) is 6. The van der Waals surface area contributed by atoms with Crippen LogP contribution in [-0.2, 0) is 16.1 Å². The van der Waals surface area contributed by atoms with Crippen molar-refractivity contribution in [3.8, 4) is 5.69 Å². The molecule has 1 aromatic heterocycles. The number of methoxy groups -OCH3 is 1. The van der Waals surface area contributed by atoms with Crippen LogP contribution in [-0.4, -0.2) is 63.1 Å². The number of aliphatic hydroxyl groups is 2. The van der Waals surface area contributed by atoms with E-state index < -0.39 is 24.0 Å². The lowest BCUT2D eigenvalue weighted by Gasteiger charge is -2.19. The van der Waals surface area contributed by atoms with Gasteiger partial charge in [-0.1, -0.05) is 44.2 Å². The molecule has 0 bridgehead atoms. The van der Waals surface area contributed by atoms with Crippen molar-refractivity contribution in [2.24, 2.45) is 0 Å². The summed E-state index contributed by atoms with van der Waals surface area (Å²) in [5.74, 6) is -1.37. The van der Waals surface area contributed by atoms with Crippen LogP contribution < -0.4 is 0 Å². The monoisotopic (exact) mass is 537 g/mol. The quantitative estimate of drug-likeness (QED) is 0.351. The molecule has 0 aliphatic carbocycles. The minimum absolute atomic E-state index is 0.0851. The van der Waals surface area contributed by atoms with Crippen molar-refractivity contribution in [3.63, 3.8) is 0 Å². The summed E-state index contributed by atoms with van der Waals surface area (Å²) in [5, 5.41) is 25.3. The molecule has 2 unspecified atom stereocenters. The zero-order valence-electron chi connectivity index (χ0n) is 23.0. The van der Waals surface area contributed by atoms with Gasteiger partial charge in [0.2, 0.25) is 0 Å². The molecule has 0 aliphatic heterocycles. The Kier molecular flexibility index (Phi) is 10.1. The fraction of sp³-hybridized carbons (Fsp3) is 0.367. The van der Waals surface area contributed by atoms with Crippen LogP contribution >= 0.6 is 0 Å². The summed E-state index contributed by atoms with van der Waals surface area (Å²) in [6.07, 6.45) is 0.629. The minimum atomic E-state index is -1.09. The standard InChI is InChI=1S/C30H36FN3O5/c1-19(2)28-26(15-14-24(35)16-25(36)17-27(37)39-5)34(23-12-10-22(31)11-13-23)32-29(28)30(38)33(4)18-21-9-7-6-8-20(21)3/h6-15,19,24-25,35-36H,16-18H2,1-5H3. The number of esters is 1. The molecule has 0 saturated heterocycles. The van der Waals surface area contributed by atoms with Crippen LogP contribution in [0.4, 0.5) is 4.39 Å². The van der Waals surface area contributed by atoms with Crippen LogP contribution in [0, 0.1) is 12.7 Å². The molecule has 1 amide bonds. The summed E-state index contributed by atoms with van der Waals surface area (Å²) in [5.41, 5.74) is 4.10.